The third kappa shape index (κ3) is 3.01. The number of para-hydroxylation sites is 1. The fourth-order valence-electron chi connectivity index (χ4n) is 1.69. The molecule has 2 aromatic carbocycles. The zero-order chi connectivity index (χ0) is 14.7. The lowest BCUT2D eigenvalue weighted by Gasteiger charge is -2.13. The first kappa shape index (κ1) is 15.0. The second-order valence-electron chi connectivity index (χ2n) is 3.87. The molecule has 0 aromatic heterocycles. The van der Waals surface area contributed by atoms with Crippen molar-refractivity contribution in [2.45, 2.75) is 0 Å². The summed E-state index contributed by atoms with van der Waals surface area (Å²) in [6, 6.07) is 9.99. The van der Waals surface area contributed by atoms with E-state index in [4.69, 9.17) is 39.5 Å². The van der Waals surface area contributed by atoms with E-state index in [0.29, 0.717) is 15.7 Å². The lowest BCUT2D eigenvalue weighted by atomic mass is 10.1. The maximum Gasteiger partial charge on any atom is 0.261 e. The number of amides is 1. The Morgan fingerprint density at radius 3 is 2.30 bits per heavy atom. The summed E-state index contributed by atoms with van der Waals surface area (Å²) < 4.78 is 5.14. The van der Waals surface area contributed by atoms with Crippen LogP contribution >= 0.6 is 34.8 Å². The molecule has 2 rings (SSSR count). The average molecular weight is 331 g/mol. The van der Waals surface area contributed by atoms with Crippen LogP contribution in [0.2, 0.25) is 15.1 Å². The summed E-state index contributed by atoms with van der Waals surface area (Å²) in [5, 5.41) is 3.66. The fourth-order valence-corrected chi connectivity index (χ4v) is 2.34. The Hall–Kier alpha value is -1.42. The monoisotopic (exact) mass is 329 g/mol. The van der Waals surface area contributed by atoms with Gasteiger partial charge in [-0.25, -0.2) is 0 Å². The van der Waals surface area contributed by atoms with E-state index in [9.17, 15) is 4.79 Å². The van der Waals surface area contributed by atoms with E-state index in [1.165, 1.54) is 13.2 Å². The highest BCUT2D eigenvalue weighted by Gasteiger charge is 2.20. The molecule has 104 valence electrons. The molecule has 1 amide bonds. The minimum absolute atomic E-state index is 0.168. The van der Waals surface area contributed by atoms with Crippen molar-refractivity contribution in [1.29, 1.82) is 0 Å². The van der Waals surface area contributed by atoms with Gasteiger partial charge in [-0.1, -0.05) is 46.9 Å². The summed E-state index contributed by atoms with van der Waals surface area (Å²) in [6.45, 7) is 0. The van der Waals surface area contributed by atoms with Crippen LogP contribution in [0.1, 0.15) is 10.4 Å². The summed E-state index contributed by atoms with van der Waals surface area (Å²) in [5.41, 5.74) is 0.652. The summed E-state index contributed by atoms with van der Waals surface area (Å²) in [5.74, 6) is -0.217. The van der Waals surface area contributed by atoms with Gasteiger partial charge in [0.15, 0.2) is 5.75 Å². The molecule has 3 nitrogen and oxygen atoms in total. The zero-order valence-corrected chi connectivity index (χ0v) is 12.7. The summed E-state index contributed by atoms with van der Waals surface area (Å²) >= 11 is 18.0. The molecular weight excluding hydrogens is 321 g/mol. The molecule has 1 N–H and O–H groups in total. The number of hydrogen-bond acceptors (Lipinski definition) is 2. The van der Waals surface area contributed by atoms with E-state index in [-0.39, 0.29) is 16.3 Å². The van der Waals surface area contributed by atoms with Crippen LogP contribution < -0.4 is 10.1 Å². The number of rotatable bonds is 3. The molecule has 0 atom stereocenters. The number of carbonyl (C=O) groups is 1. The maximum atomic E-state index is 12.3. The molecule has 0 saturated carbocycles. The van der Waals surface area contributed by atoms with Gasteiger partial charge in [0.2, 0.25) is 0 Å². The fraction of sp³-hybridized carbons (Fsp3) is 0.0714. The number of anilines is 1. The molecule has 0 bridgehead atoms. The molecular formula is C14H10Cl3NO2. The van der Waals surface area contributed by atoms with Gasteiger partial charge in [-0.2, -0.15) is 0 Å². The first-order valence-corrected chi connectivity index (χ1v) is 6.76. The third-order valence-corrected chi connectivity index (χ3v) is 3.55. The van der Waals surface area contributed by atoms with E-state index in [0.717, 1.165) is 0 Å². The van der Waals surface area contributed by atoms with Crippen molar-refractivity contribution >= 4 is 46.4 Å². The minimum atomic E-state index is -0.442. The van der Waals surface area contributed by atoms with Crippen molar-refractivity contribution in [3.05, 3.63) is 57.0 Å². The SMILES string of the molecule is COc1c(Cl)ccc(Cl)c1C(=O)Nc1ccccc1Cl. The highest BCUT2D eigenvalue weighted by atomic mass is 35.5. The molecule has 0 aliphatic rings. The normalized spacial score (nSPS) is 10.2. The van der Waals surface area contributed by atoms with E-state index in [2.05, 4.69) is 5.32 Å². The molecule has 2 aromatic rings. The molecule has 20 heavy (non-hydrogen) atoms. The number of halogens is 3. The topological polar surface area (TPSA) is 38.3 Å². The highest BCUT2D eigenvalue weighted by Crippen LogP contribution is 2.34. The zero-order valence-electron chi connectivity index (χ0n) is 10.4. The number of benzene rings is 2. The second kappa shape index (κ2) is 6.35. The van der Waals surface area contributed by atoms with E-state index in [1.807, 2.05) is 0 Å². The second-order valence-corrected chi connectivity index (χ2v) is 5.09. The van der Waals surface area contributed by atoms with Crippen molar-refractivity contribution < 1.29 is 9.53 Å². The largest absolute Gasteiger partial charge is 0.494 e. The lowest BCUT2D eigenvalue weighted by Crippen LogP contribution is -2.14. The molecule has 0 fully saturated rings. The Labute approximate surface area is 131 Å². The van der Waals surface area contributed by atoms with Crippen LogP contribution in [0, 0.1) is 0 Å². The maximum absolute atomic E-state index is 12.3. The molecule has 0 saturated heterocycles. The first-order valence-electron chi connectivity index (χ1n) is 5.62. The van der Waals surface area contributed by atoms with Gasteiger partial charge in [0.05, 0.1) is 27.9 Å². The molecule has 0 unspecified atom stereocenters. The van der Waals surface area contributed by atoms with Crippen LogP contribution in [0.5, 0.6) is 5.75 Å². The Kier molecular flexibility index (Phi) is 4.76. The van der Waals surface area contributed by atoms with Crippen LogP contribution in [0.15, 0.2) is 36.4 Å². The van der Waals surface area contributed by atoms with E-state index >= 15 is 0 Å². The quantitative estimate of drug-likeness (QED) is 0.868. The van der Waals surface area contributed by atoms with Gasteiger partial charge in [0, 0.05) is 0 Å². The summed E-state index contributed by atoms with van der Waals surface area (Å²) in [7, 11) is 1.42. The van der Waals surface area contributed by atoms with Crippen LogP contribution in [-0.4, -0.2) is 13.0 Å². The number of nitrogens with one attached hydrogen (secondary N) is 1. The summed E-state index contributed by atoms with van der Waals surface area (Å²) in [4.78, 5) is 12.3. The Balaban J connectivity index is 2.40. The summed E-state index contributed by atoms with van der Waals surface area (Å²) in [6.07, 6.45) is 0. The van der Waals surface area contributed by atoms with Crippen LogP contribution in [0.25, 0.3) is 0 Å². The highest BCUT2D eigenvalue weighted by molar-refractivity contribution is 6.38. The third-order valence-electron chi connectivity index (χ3n) is 2.61. The van der Waals surface area contributed by atoms with Gasteiger partial charge in [-0.05, 0) is 24.3 Å². The molecule has 0 heterocycles. The van der Waals surface area contributed by atoms with E-state index < -0.39 is 5.91 Å². The van der Waals surface area contributed by atoms with Crippen LogP contribution in [0.3, 0.4) is 0 Å². The molecule has 0 spiro atoms. The van der Waals surface area contributed by atoms with Crippen LogP contribution in [0.4, 0.5) is 5.69 Å². The van der Waals surface area contributed by atoms with Crippen LogP contribution in [-0.2, 0) is 0 Å². The molecule has 0 radical (unpaired) electrons. The Morgan fingerprint density at radius 2 is 1.65 bits per heavy atom. The predicted octanol–water partition coefficient (Wildman–Crippen LogP) is 4.91. The van der Waals surface area contributed by atoms with E-state index in [1.54, 1.807) is 30.3 Å². The number of carbonyl (C=O) groups excluding carboxylic acids is 1. The Morgan fingerprint density at radius 1 is 1.00 bits per heavy atom. The smallest absolute Gasteiger partial charge is 0.261 e. The number of ether oxygens (including phenoxy) is 1. The lowest BCUT2D eigenvalue weighted by molar-refractivity contribution is 0.102. The minimum Gasteiger partial charge on any atom is -0.494 e. The van der Waals surface area contributed by atoms with Crippen molar-refractivity contribution in [2.75, 3.05) is 12.4 Å². The van der Waals surface area contributed by atoms with Gasteiger partial charge in [0.25, 0.3) is 5.91 Å². The van der Waals surface area contributed by atoms with Crippen molar-refractivity contribution in [1.82, 2.24) is 0 Å². The van der Waals surface area contributed by atoms with Crippen molar-refractivity contribution in [3.63, 3.8) is 0 Å². The average Bonchev–Trinajstić information content (AvgIpc) is 2.43. The molecule has 0 aliphatic heterocycles. The first-order chi connectivity index (χ1) is 9.54. The standard InChI is InChI=1S/C14H10Cl3NO2/c1-20-13-10(17)7-6-9(16)12(13)14(19)18-11-5-3-2-4-8(11)15/h2-7H,1H3,(H,18,19). The van der Waals surface area contributed by atoms with Gasteiger partial charge in [-0.15, -0.1) is 0 Å². The van der Waals surface area contributed by atoms with Crippen molar-refractivity contribution in [3.8, 4) is 5.75 Å². The number of methoxy groups -OCH3 is 1. The molecule has 0 aliphatic carbocycles. The number of hydrogen-bond donors (Lipinski definition) is 1. The van der Waals surface area contributed by atoms with Gasteiger partial charge >= 0.3 is 0 Å². The van der Waals surface area contributed by atoms with Gasteiger partial charge < -0.3 is 10.1 Å². The van der Waals surface area contributed by atoms with Gasteiger partial charge in [-0.3, -0.25) is 4.79 Å². The predicted molar refractivity (Wildman–Crippen MR) is 82.4 cm³/mol. The van der Waals surface area contributed by atoms with Crippen molar-refractivity contribution in [2.24, 2.45) is 0 Å². The Bertz CT molecular complexity index is 659. The molecule has 6 heteroatoms. The van der Waals surface area contributed by atoms with Gasteiger partial charge in [0.1, 0.15) is 5.56 Å².